The van der Waals surface area contributed by atoms with Crippen molar-refractivity contribution in [1.29, 1.82) is 0 Å². The van der Waals surface area contributed by atoms with E-state index < -0.39 is 33.3 Å². The number of nitrogens with one attached hydrogen (secondary N) is 1. The molecule has 2 aromatic rings. The highest BCUT2D eigenvalue weighted by molar-refractivity contribution is 7.95. The van der Waals surface area contributed by atoms with Crippen LogP contribution in [0.3, 0.4) is 0 Å². The molecule has 0 aliphatic carbocycles. The fourth-order valence-corrected chi connectivity index (χ4v) is 5.21. The third kappa shape index (κ3) is 3.11. The molecule has 2 aliphatic heterocycles. The van der Waals surface area contributed by atoms with E-state index in [1.54, 1.807) is 0 Å². The third-order valence-electron chi connectivity index (χ3n) is 4.74. The molecule has 0 spiro atoms. The van der Waals surface area contributed by atoms with Gasteiger partial charge in [0.15, 0.2) is 11.6 Å². The van der Waals surface area contributed by atoms with Gasteiger partial charge in [0, 0.05) is 19.6 Å². The molecule has 0 unspecified atom stereocenters. The van der Waals surface area contributed by atoms with E-state index in [1.807, 2.05) is 0 Å². The second kappa shape index (κ2) is 7.26. The summed E-state index contributed by atoms with van der Waals surface area (Å²) in [4.78, 5) is 0. The molecule has 0 aromatic heterocycles. The van der Waals surface area contributed by atoms with Crippen molar-refractivity contribution in [2.24, 2.45) is 0 Å². The Bertz CT molecular complexity index is 977. The van der Waals surface area contributed by atoms with Gasteiger partial charge in [0.05, 0.1) is 18.4 Å². The molecule has 0 saturated carbocycles. The van der Waals surface area contributed by atoms with Gasteiger partial charge in [0.1, 0.15) is 17.2 Å². The topological polar surface area (TPSA) is 61.9 Å². The summed E-state index contributed by atoms with van der Waals surface area (Å²) in [7, 11) is -4.44. The van der Waals surface area contributed by atoms with Gasteiger partial charge in [-0.25, -0.2) is 21.8 Å². The summed E-state index contributed by atoms with van der Waals surface area (Å²) >= 11 is 0. The molecule has 0 amide bonds. The number of para-hydroxylation sites is 2. The number of nitrogens with zero attached hydrogens (tertiary/aromatic N) is 2. The number of benzene rings is 2. The number of hydrogen-bond donors (Lipinski definition) is 1. The Morgan fingerprint density at radius 1 is 1.04 bits per heavy atom. The largest absolute Gasteiger partial charge is 0.376 e. The Hall–Kier alpha value is -2.30. The second-order valence-corrected chi connectivity index (χ2v) is 8.21. The zero-order chi connectivity index (χ0) is 19.9. The average molecular weight is 413 g/mol. The first-order chi connectivity index (χ1) is 13.4. The fraction of sp³-hybridized carbons (Fsp3) is 0.333. The van der Waals surface area contributed by atoms with Crippen LogP contribution in [0.5, 0.6) is 0 Å². The van der Waals surface area contributed by atoms with Crippen LogP contribution in [0.2, 0.25) is 0 Å². The van der Waals surface area contributed by atoms with Crippen LogP contribution in [0, 0.1) is 17.5 Å². The van der Waals surface area contributed by atoms with E-state index in [0.717, 1.165) is 28.6 Å². The van der Waals surface area contributed by atoms with Crippen LogP contribution in [0.4, 0.5) is 30.2 Å². The molecule has 150 valence electrons. The van der Waals surface area contributed by atoms with Gasteiger partial charge in [0.25, 0.3) is 0 Å². The van der Waals surface area contributed by atoms with Crippen LogP contribution in [-0.2, 0) is 14.9 Å². The van der Waals surface area contributed by atoms with Crippen molar-refractivity contribution in [3.8, 4) is 0 Å². The molecule has 4 rings (SSSR count). The molecule has 28 heavy (non-hydrogen) atoms. The van der Waals surface area contributed by atoms with Gasteiger partial charge in [-0.2, -0.15) is 8.42 Å². The first-order valence-corrected chi connectivity index (χ1v) is 10.2. The Labute approximate surface area is 160 Å². The number of fused-ring (bicyclic) bond motifs is 1. The average Bonchev–Trinajstić information content (AvgIpc) is 2.89. The van der Waals surface area contributed by atoms with Crippen molar-refractivity contribution in [1.82, 2.24) is 5.32 Å². The molecule has 0 radical (unpaired) electrons. The highest BCUT2D eigenvalue weighted by Crippen LogP contribution is 2.48. The molecule has 1 fully saturated rings. The maximum Gasteiger partial charge on any atom is 0.331 e. The van der Waals surface area contributed by atoms with Gasteiger partial charge in [-0.15, -0.1) is 0 Å². The van der Waals surface area contributed by atoms with E-state index >= 15 is 0 Å². The molecule has 1 N–H and O–H groups in total. The van der Waals surface area contributed by atoms with Gasteiger partial charge in [-0.1, -0.05) is 12.1 Å². The Morgan fingerprint density at radius 3 is 2.32 bits per heavy atom. The summed E-state index contributed by atoms with van der Waals surface area (Å²) in [6.45, 7) is 1.66. The minimum Gasteiger partial charge on any atom is -0.376 e. The van der Waals surface area contributed by atoms with Crippen molar-refractivity contribution >= 4 is 27.3 Å². The zero-order valence-electron chi connectivity index (χ0n) is 14.7. The number of ether oxygens (including phenoxy) is 1. The van der Waals surface area contributed by atoms with Crippen molar-refractivity contribution in [2.45, 2.75) is 12.5 Å². The number of halogens is 3. The predicted octanol–water partition coefficient (Wildman–Crippen LogP) is 2.69. The highest BCUT2D eigenvalue weighted by atomic mass is 32.2. The van der Waals surface area contributed by atoms with Crippen LogP contribution >= 0.6 is 0 Å². The lowest BCUT2D eigenvalue weighted by molar-refractivity contribution is 0.0253. The Balaban J connectivity index is 1.77. The molecule has 2 aliphatic rings. The van der Waals surface area contributed by atoms with E-state index in [9.17, 15) is 21.6 Å². The minimum absolute atomic E-state index is 0.0881. The second-order valence-electron chi connectivity index (χ2n) is 6.51. The first kappa shape index (κ1) is 19.0. The van der Waals surface area contributed by atoms with Crippen molar-refractivity contribution in [3.05, 3.63) is 53.8 Å². The SMILES string of the molecule is O=S1(=O)N(CC[C@H]2CNCCO2)c2c(F)cccc2N1c1c(F)cccc1F. The molecular formula is C18H18F3N3O3S. The van der Waals surface area contributed by atoms with E-state index in [0.29, 0.717) is 30.4 Å². The smallest absolute Gasteiger partial charge is 0.331 e. The molecule has 6 nitrogen and oxygen atoms in total. The summed E-state index contributed by atoms with van der Waals surface area (Å²) in [5.74, 6) is -2.90. The molecule has 2 aromatic carbocycles. The third-order valence-corrected chi connectivity index (χ3v) is 6.50. The van der Waals surface area contributed by atoms with Crippen molar-refractivity contribution in [2.75, 3.05) is 34.9 Å². The summed E-state index contributed by atoms with van der Waals surface area (Å²) in [6.07, 6.45) is 0.0616. The first-order valence-electron chi connectivity index (χ1n) is 8.79. The molecule has 10 heteroatoms. The molecular weight excluding hydrogens is 395 g/mol. The van der Waals surface area contributed by atoms with Gasteiger partial charge in [-0.3, -0.25) is 0 Å². The standard InChI is InChI=1S/C18H18F3N3O3S/c19-13-3-1-4-14(20)17(13)24-16-6-2-5-15(21)18(16)23(28(24,25)26)9-7-12-11-22-8-10-27-12/h1-6,12,22H,7-11H2/t12-/m0/s1. The number of hydrogen-bond acceptors (Lipinski definition) is 4. The van der Waals surface area contributed by atoms with E-state index in [1.165, 1.54) is 12.1 Å². The number of rotatable bonds is 4. The van der Waals surface area contributed by atoms with Crippen LogP contribution in [0.1, 0.15) is 6.42 Å². The molecule has 1 saturated heterocycles. The van der Waals surface area contributed by atoms with Crippen LogP contribution in [0.25, 0.3) is 0 Å². The zero-order valence-corrected chi connectivity index (χ0v) is 15.6. The lowest BCUT2D eigenvalue weighted by Gasteiger charge is -2.27. The Morgan fingerprint density at radius 2 is 1.68 bits per heavy atom. The fourth-order valence-electron chi connectivity index (χ4n) is 3.47. The molecule has 0 bridgehead atoms. The summed E-state index contributed by atoms with van der Waals surface area (Å²) in [5.41, 5.74) is -1.12. The predicted molar refractivity (Wildman–Crippen MR) is 98.4 cm³/mol. The molecule has 2 heterocycles. The normalized spacial score (nSPS) is 21.0. The van der Waals surface area contributed by atoms with Gasteiger partial charge < -0.3 is 10.1 Å². The lowest BCUT2D eigenvalue weighted by Crippen LogP contribution is -2.42. The minimum atomic E-state index is -4.44. The van der Waals surface area contributed by atoms with E-state index in [2.05, 4.69) is 5.32 Å². The van der Waals surface area contributed by atoms with Crippen LogP contribution < -0.4 is 13.9 Å². The monoisotopic (exact) mass is 413 g/mol. The van der Waals surface area contributed by atoms with E-state index in [4.69, 9.17) is 4.74 Å². The highest BCUT2D eigenvalue weighted by Gasteiger charge is 2.45. The Kier molecular flexibility index (Phi) is 4.94. The summed E-state index contributed by atoms with van der Waals surface area (Å²) < 4.78 is 76.6. The maximum atomic E-state index is 14.6. The number of morpholine rings is 1. The lowest BCUT2D eigenvalue weighted by atomic mass is 10.2. The van der Waals surface area contributed by atoms with Crippen LogP contribution in [0.15, 0.2) is 36.4 Å². The van der Waals surface area contributed by atoms with Crippen molar-refractivity contribution in [3.63, 3.8) is 0 Å². The van der Waals surface area contributed by atoms with Gasteiger partial charge in [-0.05, 0) is 30.7 Å². The quantitative estimate of drug-likeness (QED) is 0.837. The van der Waals surface area contributed by atoms with Gasteiger partial charge in [0.2, 0.25) is 0 Å². The number of anilines is 3. The molecule has 1 atom stereocenters. The summed E-state index contributed by atoms with van der Waals surface area (Å²) in [5, 5.41) is 3.13. The summed E-state index contributed by atoms with van der Waals surface area (Å²) in [6, 6.07) is 6.78. The van der Waals surface area contributed by atoms with E-state index in [-0.39, 0.29) is 24.0 Å². The van der Waals surface area contributed by atoms with Crippen LogP contribution in [-0.4, -0.2) is 40.8 Å². The van der Waals surface area contributed by atoms with Crippen molar-refractivity contribution < 1.29 is 26.3 Å². The maximum absolute atomic E-state index is 14.6. The van der Waals surface area contributed by atoms with Gasteiger partial charge >= 0.3 is 10.2 Å².